The Balaban J connectivity index is 0.000000285. The molecule has 0 aliphatic carbocycles. The first-order chi connectivity index (χ1) is 17.8. The summed E-state index contributed by atoms with van der Waals surface area (Å²) in [4.78, 5) is 0. The fraction of sp³-hybridized carbons (Fsp3) is 1.00. The van der Waals surface area contributed by atoms with Crippen molar-refractivity contribution in [1.82, 2.24) is 0 Å². The van der Waals surface area contributed by atoms with Crippen LogP contribution in [0.1, 0.15) is 89.0 Å². The Morgan fingerprint density at radius 3 is 1.21 bits per heavy atom. The molecule has 0 aromatic heterocycles. The molecule has 7 heteroatoms. The predicted molar refractivity (Wildman–Crippen MR) is 152 cm³/mol. The van der Waals surface area contributed by atoms with Gasteiger partial charge in [-0.3, -0.25) is 0 Å². The van der Waals surface area contributed by atoms with E-state index in [1.807, 2.05) is 0 Å². The Bertz CT molecular complexity index is 553. The third-order valence-electron chi connectivity index (χ3n) is 10.4. The van der Waals surface area contributed by atoms with E-state index >= 15 is 0 Å². The van der Waals surface area contributed by atoms with Crippen molar-refractivity contribution in [2.45, 2.75) is 126 Å². The van der Waals surface area contributed by atoms with Crippen LogP contribution in [0.3, 0.4) is 0 Å². The van der Waals surface area contributed by atoms with Gasteiger partial charge < -0.3 is 33.9 Å². The van der Waals surface area contributed by atoms with E-state index in [0.29, 0.717) is 53.4 Å². The van der Waals surface area contributed by atoms with Gasteiger partial charge in [0.15, 0.2) is 18.9 Å². The number of rotatable bonds is 5. The first-order valence-electron chi connectivity index (χ1n) is 15.1. The van der Waals surface area contributed by atoms with Crippen molar-refractivity contribution in [2.24, 2.45) is 53.3 Å². The molecule has 38 heavy (non-hydrogen) atoms. The van der Waals surface area contributed by atoms with E-state index in [4.69, 9.17) is 28.8 Å². The molecule has 0 spiro atoms. The standard InChI is InChI=1S/C11H22O2.C10H20O3.C10H20O2/c1-6-10-8(3)7(2)9(4)11(12-5)13-10;1-6-7(2)9(5-11)13-10(12-4)8(6)3;1-5-9-7(3)6(2)8(4)10(11)12-9/h7-11H,6H2,1-5H3;6-11H,5H2,1-4H3;6-11H,5H2,1-4H3. The third-order valence-corrected chi connectivity index (χ3v) is 10.4. The van der Waals surface area contributed by atoms with E-state index < -0.39 is 6.29 Å². The second-order valence-corrected chi connectivity index (χ2v) is 12.4. The molecule has 0 aromatic carbocycles. The van der Waals surface area contributed by atoms with Gasteiger partial charge in [-0.1, -0.05) is 76.2 Å². The lowest BCUT2D eigenvalue weighted by Crippen LogP contribution is -2.46. The van der Waals surface area contributed by atoms with Crippen LogP contribution in [0.4, 0.5) is 0 Å². The minimum absolute atomic E-state index is 0.00356. The maximum absolute atomic E-state index is 9.55. The van der Waals surface area contributed by atoms with Gasteiger partial charge in [-0.05, 0) is 48.3 Å². The number of aliphatic hydroxyl groups is 2. The van der Waals surface area contributed by atoms with Crippen molar-refractivity contribution in [3.63, 3.8) is 0 Å². The summed E-state index contributed by atoms with van der Waals surface area (Å²) in [5.41, 5.74) is 0. The first-order valence-corrected chi connectivity index (χ1v) is 15.1. The summed E-state index contributed by atoms with van der Waals surface area (Å²) in [5.74, 6) is 4.53. The number of methoxy groups -OCH3 is 2. The minimum Gasteiger partial charge on any atom is -0.394 e. The van der Waals surface area contributed by atoms with Gasteiger partial charge in [0.25, 0.3) is 0 Å². The highest BCUT2D eigenvalue weighted by atomic mass is 16.7. The Labute approximate surface area is 234 Å². The third kappa shape index (κ3) is 8.86. The van der Waals surface area contributed by atoms with Crippen LogP contribution in [0.25, 0.3) is 0 Å². The first kappa shape index (κ1) is 35.7. The van der Waals surface area contributed by atoms with Crippen LogP contribution in [-0.2, 0) is 23.7 Å². The fourth-order valence-corrected chi connectivity index (χ4v) is 6.16. The highest BCUT2D eigenvalue weighted by Crippen LogP contribution is 2.37. The lowest BCUT2D eigenvalue weighted by molar-refractivity contribution is -0.244. The molecule has 0 aromatic rings. The molecular weight excluding hydrogens is 484 g/mol. The Hall–Kier alpha value is -0.280. The molecule has 3 rings (SSSR count). The highest BCUT2D eigenvalue weighted by Gasteiger charge is 2.40. The molecule has 0 radical (unpaired) electrons. The van der Waals surface area contributed by atoms with Crippen molar-refractivity contribution in [1.29, 1.82) is 0 Å². The van der Waals surface area contributed by atoms with E-state index in [1.54, 1.807) is 14.2 Å². The zero-order valence-electron chi connectivity index (χ0n) is 26.7. The molecule has 15 unspecified atom stereocenters. The molecule has 2 N–H and O–H groups in total. The molecule has 3 fully saturated rings. The van der Waals surface area contributed by atoms with Gasteiger partial charge in [0.05, 0.1) is 24.9 Å². The Morgan fingerprint density at radius 2 is 0.842 bits per heavy atom. The second-order valence-electron chi connectivity index (χ2n) is 12.4. The topological polar surface area (TPSA) is 86.6 Å². The molecule has 3 aliphatic rings. The summed E-state index contributed by atoms with van der Waals surface area (Å²) in [6, 6.07) is 0. The number of hydrogen-bond donors (Lipinski definition) is 2. The summed E-state index contributed by atoms with van der Waals surface area (Å²) in [7, 11) is 3.38. The molecular formula is C31H62O7. The Morgan fingerprint density at radius 1 is 0.500 bits per heavy atom. The van der Waals surface area contributed by atoms with Crippen molar-refractivity contribution in [3.8, 4) is 0 Å². The molecule has 7 nitrogen and oxygen atoms in total. The molecule has 0 amide bonds. The quantitative estimate of drug-likeness (QED) is 0.440. The lowest BCUT2D eigenvalue weighted by atomic mass is 9.78. The molecule has 3 aliphatic heterocycles. The van der Waals surface area contributed by atoms with Crippen molar-refractivity contribution >= 4 is 0 Å². The van der Waals surface area contributed by atoms with Crippen molar-refractivity contribution < 1.29 is 33.9 Å². The Kier molecular flexibility index (Phi) is 15.9. The largest absolute Gasteiger partial charge is 0.394 e. The zero-order valence-corrected chi connectivity index (χ0v) is 26.7. The normalized spacial score (nSPS) is 47.3. The van der Waals surface area contributed by atoms with Gasteiger partial charge in [0.2, 0.25) is 0 Å². The van der Waals surface area contributed by atoms with Crippen LogP contribution in [0.2, 0.25) is 0 Å². The van der Waals surface area contributed by atoms with Crippen LogP contribution in [-0.4, -0.2) is 68.2 Å². The van der Waals surface area contributed by atoms with Crippen LogP contribution < -0.4 is 0 Å². The molecule has 0 bridgehead atoms. The van der Waals surface area contributed by atoms with E-state index in [0.717, 1.165) is 12.8 Å². The number of hydrogen-bond acceptors (Lipinski definition) is 7. The highest BCUT2D eigenvalue weighted by molar-refractivity contribution is 4.83. The zero-order chi connectivity index (χ0) is 29.3. The van der Waals surface area contributed by atoms with Gasteiger partial charge >= 0.3 is 0 Å². The van der Waals surface area contributed by atoms with Crippen LogP contribution in [0.5, 0.6) is 0 Å². The summed E-state index contributed by atoms with van der Waals surface area (Å²) in [6.07, 6.45) is 1.90. The minimum atomic E-state index is -0.554. The average Bonchev–Trinajstić information content (AvgIpc) is 2.92. The molecule has 3 heterocycles. The lowest BCUT2D eigenvalue weighted by Gasteiger charge is -2.42. The summed E-state index contributed by atoms with van der Waals surface area (Å²) in [6.45, 7) is 24.0. The summed E-state index contributed by atoms with van der Waals surface area (Å²) < 4.78 is 27.5. The maximum Gasteiger partial charge on any atom is 0.160 e. The monoisotopic (exact) mass is 546 g/mol. The smallest absolute Gasteiger partial charge is 0.160 e. The molecule has 15 atom stereocenters. The fourth-order valence-electron chi connectivity index (χ4n) is 6.16. The van der Waals surface area contributed by atoms with Gasteiger partial charge in [0.1, 0.15) is 0 Å². The SMILES string of the molecule is CCC1OC(O)C(C)C(C)C1C.CCC1OC(OC)C(C)C(C)C1C.COC1OC(CO)C(C)C(C)C1C. The van der Waals surface area contributed by atoms with Crippen molar-refractivity contribution in [3.05, 3.63) is 0 Å². The second kappa shape index (κ2) is 16.9. The van der Waals surface area contributed by atoms with E-state index in [1.165, 1.54) is 0 Å². The van der Waals surface area contributed by atoms with Gasteiger partial charge in [0, 0.05) is 32.0 Å². The van der Waals surface area contributed by atoms with Crippen molar-refractivity contribution in [2.75, 3.05) is 20.8 Å². The maximum atomic E-state index is 9.55. The van der Waals surface area contributed by atoms with E-state index in [-0.39, 0.29) is 37.3 Å². The molecule has 0 saturated carbocycles. The van der Waals surface area contributed by atoms with E-state index in [9.17, 15) is 5.11 Å². The van der Waals surface area contributed by atoms with Crippen LogP contribution >= 0.6 is 0 Å². The molecule has 228 valence electrons. The van der Waals surface area contributed by atoms with Gasteiger partial charge in [-0.15, -0.1) is 0 Å². The van der Waals surface area contributed by atoms with Crippen LogP contribution in [0.15, 0.2) is 0 Å². The van der Waals surface area contributed by atoms with Gasteiger partial charge in [-0.25, -0.2) is 0 Å². The van der Waals surface area contributed by atoms with Crippen LogP contribution in [0, 0.1) is 53.3 Å². The van der Waals surface area contributed by atoms with E-state index in [2.05, 4.69) is 76.2 Å². The summed E-state index contributed by atoms with van der Waals surface area (Å²) in [5, 5.41) is 18.6. The summed E-state index contributed by atoms with van der Waals surface area (Å²) >= 11 is 0. The average molecular weight is 547 g/mol. The number of aliphatic hydroxyl groups excluding tert-OH is 2. The predicted octanol–water partition coefficient (Wildman–Crippen LogP) is 5.96. The molecule has 3 saturated heterocycles. The van der Waals surface area contributed by atoms with Gasteiger partial charge in [-0.2, -0.15) is 0 Å². The number of ether oxygens (including phenoxy) is 5.